The van der Waals surface area contributed by atoms with Crippen LogP contribution >= 0.6 is 0 Å². The molecule has 2 heterocycles. The fourth-order valence-electron chi connectivity index (χ4n) is 3.43. The number of carbonyl (C=O) groups excluding carboxylic acids is 1. The molecule has 2 aromatic rings. The van der Waals surface area contributed by atoms with Gasteiger partial charge in [0.1, 0.15) is 0 Å². The number of esters is 1. The molecule has 0 aliphatic carbocycles. The predicted octanol–water partition coefficient (Wildman–Crippen LogP) is 2.64. The van der Waals surface area contributed by atoms with Crippen LogP contribution < -0.4 is 0 Å². The van der Waals surface area contributed by atoms with Gasteiger partial charge in [0, 0.05) is 50.4 Å². The second-order valence-electron chi connectivity index (χ2n) is 6.29. The summed E-state index contributed by atoms with van der Waals surface area (Å²) in [7, 11) is 2.03. The molecule has 0 saturated heterocycles. The van der Waals surface area contributed by atoms with E-state index in [0.29, 0.717) is 13.0 Å². The summed E-state index contributed by atoms with van der Waals surface area (Å²) in [5.74, 6) is -0.163. The summed E-state index contributed by atoms with van der Waals surface area (Å²) in [6, 6.07) is 4.51. The minimum Gasteiger partial charge on any atom is -0.466 e. The average molecular weight is 330 g/mol. The van der Waals surface area contributed by atoms with Crippen LogP contribution in [-0.4, -0.2) is 41.8 Å². The normalized spacial score (nSPS) is 14.3. The van der Waals surface area contributed by atoms with E-state index in [1.807, 2.05) is 27.1 Å². The van der Waals surface area contributed by atoms with E-state index in [4.69, 9.17) is 9.47 Å². The first kappa shape index (κ1) is 17.0. The van der Waals surface area contributed by atoms with Crippen LogP contribution in [0.3, 0.4) is 0 Å². The Labute approximate surface area is 143 Å². The lowest BCUT2D eigenvalue weighted by molar-refractivity contribution is -0.142. The van der Waals surface area contributed by atoms with Crippen LogP contribution in [0.2, 0.25) is 0 Å². The molecule has 1 aliphatic heterocycles. The maximum absolute atomic E-state index is 11.8. The van der Waals surface area contributed by atoms with E-state index >= 15 is 0 Å². The monoisotopic (exact) mass is 330 g/mol. The number of hydrogen-bond donors (Lipinski definition) is 0. The first-order valence-corrected chi connectivity index (χ1v) is 8.67. The highest BCUT2D eigenvalue weighted by Gasteiger charge is 2.21. The van der Waals surface area contributed by atoms with Gasteiger partial charge in [0.05, 0.1) is 19.6 Å². The molecule has 3 rings (SSSR count). The van der Waals surface area contributed by atoms with Crippen molar-refractivity contribution in [2.24, 2.45) is 7.05 Å². The van der Waals surface area contributed by atoms with E-state index in [0.717, 1.165) is 43.8 Å². The van der Waals surface area contributed by atoms with Gasteiger partial charge in [0.2, 0.25) is 0 Å². The van der Waals surface area contributed by atoms with E-state index in [-0.39, 0.29) is 5.97 Å². The molecule has 24 heavy (non-hydrogen) atoms. The summed E-state index contributed by atoms with van der Waals surface area (Å²) in [5.41, 5.74) is 4.96. The number of fused-ring (bicyclic) bond motifs is 2. The predicted molar refractivity (Wildman–Crippen MR) is 93.9 cm³/mol. The lowest BCUT2D eigenvalue weighted by atomic mass is 10.0. The summed E-state index contributed by atoms with van der Waals surface area (Å²) in [6.07, 6.45) is 2.38. The molecule has 0 fully saturated rings. The fraction of sp³-hybridized carbons (Fsp3) is 0.526. The minimum absolute atomic E-state index is 0.163. The third-order valence-corrected chi connectivity index (χ3v) is 4.58. The zero-order valence-electron chi connectivity index (χ0n) is 14.8. The maximum Gasteiger partial charge on any atom is 0.310 e. The quantitative estimate of drug-likeness (QED) is 0.578. The largest absolute Gasteiger partial charge is 0.466 e. The van der Waals surface area contributed by atoms with Gasteiger partial charge < -0.3 is 14.0 Å². The molecule has 0 unspecified atom stereocenters. The van der Waals surface area contributed by atoms with Crippen molar-refractivity contribution in [1.29, 1.82) is 0 Å². The number of nitrogens with zero attached hydrogens (tertiary/aromatic N) is 2. The van der Waals surface area contributed by atoms with Gasteiger partial charge in [0.15, 0.2) is 0 Å². The molecule has 5 heteroatoms. The summed E-state index contributed by atoms with van der Waals surface area (Å²) >= 11 is 0. The Kier molecular flexibility index (Phi) is 5.21. The van der Waals surface area contributed by atoms with Crippen LogP contribution in [0, 0.1) is 0 Å². The zero-order valence-corrected chi connectivity index (χ0v) is 14.8. The minimum atomic E-state index is -0.163. The summed E-state index contributed by atoms with van der Waals surface area (Å²) in [4.78, 5) is 14.3. The van der Waals surface area contributed by atoms with Crippen LogP contribution in [0.15, 0.2) is 18.3 Å². The number of ether oxygens (including phenoxy) is 2. The van der Waals surface area contributed by atoms with Crippen molar-refractivity contribution in [2.45, 2.75) is 33.4 Å². The number of rotatable bonds is 7. The van der Waals surface area contributed by atoms with Crippen molar-refractivity contribution in [3.05, 3.63) is 35.0 Å². The van der Waals surface area contributed by atoms with Crippen molar-refractivity contribution in [3.63, 3.8) is 0 Å². The van der Waals surface area contributed by atoms with Crippen LogP contribution in [0.25, 0.3) is 10.9 Å². The molecule has 0 atom stereocenters. The molecule has 1 aromatic carbocycles. The first-order valence-electron chi connectivity index (χ1n) is 8.67. The van der Waals surface area contributed by atoms with Crippen molar-refractivity contribution in [2.75, 3.05) is 26.4 Å². The molecule has 5 nitrogen and oxygen atoms in total. The Morgan fingerprint density at radius 1 is 1.17 bits per heavy atom. The SMILES string of the molecule is CCOCCN1Cc2cc3c(CC(=O)OCC)cn(C)c3cc2C1. The van der Waals surface area contributed by atoms with Crippen molar-refractivity contribution < 1.29 is 14.3 Å². The fourth-order valence-corrected chi connectivity index (χ4v) is 3.43. The number of aromatic nitrogens is 1. The summed E-state index contributed by atoms with van der Waals surface area (Å²) < 4.78 is 12.7. The van der Waals surface area contributed by atoms with E-state index in [1.165, 1.54) is 16.6 Å². The van der Waals surface area contributed by atoms with Crippen LogP contribution in [0.5, 0.6) is 0 Å². The molecule has 1 aliphatic rings. The smallest absolute Gasteiger partial charge is 0.310 e. The molecule has 0 spiro atoms. The average Bonchev–Trinajstić information content (AvgIpc) is 3.07. The highest BCUT2D eigenvalue weighted by Crippen LogP contribution is 2.30. The van der Waals surface area contributed by atoms with E-state index in [2.05, 4.69) is 21.6 Å². The molecule has 0 amide bonds. The van der Waals surface area contributed by atoms with Crippen LogP contribution in [-0.2, 0) is 40.8 Å². The number of aryl methyl sites for hydroxylation is 1. The number of hydrogen-bond acceptors (Lipinski definition) is 4. The summed E-state index contributed by atoms with van der Waals surface area (Å²) in [5, 5.41) is 1.16. The standard InChI is InChI=1S/C19H26N2O3/c1-4-23-7-6-21-12-14-8-17-16(10-19(22)24-5-2)11-20(3)18(17)9-15(14)13-21/h8-9,11H,4-7,10,12-13H2,1-3H3. The second-order valence-corrected chi connectivity index (χ2v) is 6.29. The Balaban J connectivity index is 1.81. The molecular weight excluding hydrogens is 304 g/mol. The van der Waals surface area contributed by atoms with Crippen molar-refractivity contribution in [1.82, 2.24) is 9.47 Å². The van der Waals surface area contributed by atoms with Gasteiger partial charge >= 0.3 is 5.97 Å². The third kappa shape index (κ3) is 3.47. The molecule has 130 valence electrons. The molecule has 0 bridgehead atoms. The van der Waals surface area contributed by atoms with Crippen LogP contribution in [0.4, 0.5) is 0 Å². The van der Waals surface area contributed by atoms with E-state index < -0.39 is 0 Å². The molecule has 0 N–H and O–H groups in total. The lowest BCUT2D eigenvalue weighted by Crippen LogP contribution is -2.21. The molecular formula is C19H26N2O3. The van der Waals surface area contributed by atoms with Gasteiger partial charge in [-0.25, -0.2) is 0 Å². The van der Waals surface area contributed by atoms with Crippen LogP contribution in [0.1, 0.15) is 30.5 Å². The van der Waals surface area contributed by atoms with Gasteiger partial charge in [-0.2, -0.15) is 0 Å². The Bertz CT molecular complexity index is 736. The molecule has 0 radical (unpaired) electrons. The number of benzene rings is 1. The van der Waals surface area contributed by atoms with Gasteiger partial charge in [-0.05, 0) is 42.7 Å². The van der Waals surface area contributed by atoms with E-state index in [9.17, 15) is 4.79 Å². The third-order valence-electron chi connectivity index (χ3n) is 4.58. The zero-order chi connectivity index (χ0) is 17.1. The summed E-state index contributed by atoms with van der Waals surface area (Å²) in [6.45, 7) is 8.70. The molecule has 1 aromatic heterocycles. The molecule has 0 saturated carbocycles. The van der Waals surface area contributed by atoms with Gasteiger partial charge in [-0.15, -0.1) is 0 Å². The highest BCUT2D eigenvalue weighted by atomic mass is 16.5. The maximum atomic E-state index is 11.8. The Morgan fingerprint density at radius 2 is 1.92 bits per heavy atom. The van der Waals surface area contributed by atoms with Gasteiger partial charge in [-0.1, -0.05) is 0 Å². The Hall–Kier alpha value is -1.85. The topological polar surface area (TPSA) is 43.7 Å². The first-order chi connectivity index (χ1) is 11.6. The van der Waals surface area contributed by atoms with Crippen molar-refractivity contribution in [3.8, 4) is 0 Å². The van der Waals surface area contributed by atoms with E-state index in [1.54, 1.807) is 0 Å². The number of carbonyl (C=O) groups is 1. The highest BCUT2D eigenvalue weighted by molar-refractivity contribution is 5.89. The van der Waals surface area contributed by atoms with Crippen molar-refractivity contribution >= 4 is 16.9 Å². The lowest BCUT2D eigenvalue weighted by Gasteiger charge is -2.13. The Morgan fingerprint density at radius 3 is 2.62 bits per heavy atom. The second kappa shape index (κ2) is 7.36. The van der Waals surface area contributed by atoms with Gasteiger partial charge in [0.25, 0.3) is 0 Å². The van der Waals surface area contributed by atoms with Gasteiger partial charge in [-0.3, -0.25) is 9.69 Å².